The molecular formula is C16H22N4O2. The highest BCUT2D eigenvalue weighted by molar-refractivity contribution is 5.86. The van der Waals surface area contributed by atoms with E-state index in [0.717, 1.165) is 12.0 Å². The number of aliphatic hydroxyl groups is 1. The Morgan fingerprint density at radius 2 is 2.32 bits per heavy atom. The second kappa shape index (κ2) is 7.17. The Labute approximate surface area is 129 Å². The number of rotatable bonds is 6. The topological polar surface area (TPSA) is 79.0 Å². The summed E-state index contributed by atoms with van der Waals surface area (Å²) < 4.78 is 1.53. The van der Waals surface area contributed by atoms with Crippen LogP contribution in [-0.2, 0) is 0 Å². The van der Waals surface area contributed by atoms with Crippen molar-refractivity contribution >= 4 is 17.7 Å². The van der Waals surface area contributed by atoms with E-state index in [1.807, 2.05) is 32.9 Å². The molecule has 0 saturated heterocycles. The first-order valence-electron chi connectivity index (χ1n) is 7.48. The molecule has 2 aromatic rings. The van der Waals surface area contributed by atoms with Crippen LogP contribution in [0.15, 0.2) is 28.1 Å². The second-order valence-electron chi connectivity index (χ2n) is 5.25. The fraction of sp³-hybridized carbons (Fsp3) is 0.438. The van der Waals surface area contributed by atoms with Crippen LogP contribution in [-0.4, -0.2) is 39.9 Å². The summed E-state index contributed by atoms with van der Waals surface area (Å²) in [6.45, 7) is 6.25. The molecular weight excluding hydrogens is 280 g/mol. The number of aliphatic hydroxyl groups excluding tert-OH is 1. The SMILES string of the molecule is CC[C@H](C)N=Cc1c(NCCO)nc2c(C)cccn2c1=O. The maximum absolute atomic E-state index is 12.7. The highest BCUT2D eigenvalue weighted by Gasteiger charge is 2.12. The molecule has 0 aliphatic heterocycles. The molecule has 0 aliphatic rings. The molecule has 2 aromatic heterocycles. The van der Waals surface area contributed by atoms with Gasteiger partial charge in [-0.15, -0.1) is 0 Å². The van der Waals surface area contributed by atoms with Crippen LogP contribution < -0.4 is 10.9 Å². The summed E-state index contributed by atoms with van der Waals surface area (Å²) >= 11 is 0. The molecule has 0 spiro atoms. The molecule has 6 nitrogen and oxygen atoms in total. The van der Waals surface area contributed by atoms with E-state index in [1.54, 1.807) is 12.4 Å². The number of aryl methyl sites for hydroxylation is 1. The standard InChI is InChI=1S/C16H22N4O2/c1-4-12(3)18-10-13-14(17-7-9-21)19-15-11(2)6-5-8-20(15)16(13)22/h5-6,8,10,12,17,21H,4,7,9H2,1-3H3/t12-/m0/s1. The van der Waals surface area contributed by atoms with E-state index < -0.39 is 0 Å². The summed E-state index contributed by atoms with van der Waals surface area (Å²) in [4.78, 5) is 21.6. The van der Waals surface area contributed by atoms with Gasteiger partial charge in [-0.1, -0.05) is 13.0 Å². The van der Waals surface area contributed by atoms with Crippen molar-refractivity contribution < 1.29 is 5.11 Å². The molecule has 0 fully saturated rings. The van der Waals surface area contributed by atoms with E-state index in [4.69, 9.17) is 5.11 Å². The summed E-state index contributed by atoms with van der Waals surface area (Å²) in [6.07, 6.45) is 4.18. The largest absolute Gasteiger partial charge is 0.395 e. The van der Waals surface area contributed by atoms with Gasteiger partial charge in [0.25, 0.3) is 5.56 Å². The second-order valence-corrected chi connectivity index (χ2v) is 5.25. The van der Waals surface area contributed by atoms with E-state index in [1.165, 1.54) is 4.40 Å². The molecule has 2 heterocycles. The van der Waals surface area contributed by atoms with Gasteiger partial charge in [0.05, 0.1) is 6.61 Å². The molecule has 0 radical (unpaired) electrons. The Hall–Kier alpha value is -2.21. The zero-order valence-electron chi connectivity index (χ0n) is 13.2. The van der Waals surface area contributed by atoms with Crippen LogP contribution in [0.25, 0.3) is 5.65 Å². The lowest BCUT2D eigenvalue weighted by Crippen LogP contribution is -2.24. The molecule has 0 unspecified atom stereocenters. The molecule has 0 aromatic carbocycles. The Balaban J connectivity index is 2.62. The number of nitrogens with one attached hydrogen (secondary N) is 1. The van der Waals surface area contributed by atoms with Crippen LogP contribution in [0.4, 0.5) is 5.82 Å². The van der Waals surface area contributed by atoms with Gasteiger partial charge in [-0.3, -0.25) is 14.2 Å². The normalized spacial score (nSPS) is 12.9. The average Bonchev–Trinajstić information content (AvgIpc) is 2.52. The number of aromatic nitrogens is 2. The van der Waals surface area contributed by atoms with Gasteiger partial charge < -0.3 is 10.4 Å². The van der Waals surface area contributed by atoms with Gasteiger partial charge in [0.1, 0.15) is 17.0 Å². The first-order valence-corrected chi connectivity index (χ1v) is 7.48. The van der Waals surface area contributed by atoms with Crippen LogP contribution in [0.1, 0.15) is 31.4 Å². The molecule has 0 amide bonds. The summed E-state index contributed by atoms with van der Waals surface area (Å²) in [5.74, 6) is 0.459. The number of pyridine rings is 1. The molecule has 2 N–H and O–H groups in total. The lowest BCUT2D eigenvalue weighted by molar-refractivity contribution is 0.311. The first-order chi connectivity index (χ1) is 10.6. The zero-order valence-corrected chi connectivity index (χ0v) is 13.2. The van der Waals surface area contributed by atoms with E-state index in [-0.39, 0.29) is 18.2 Å². The van der Waals surface area contributed by atoms with Crippen LogP contribution in [0.5, 0.6) is 0 Å². The maximum Gasteiger partial charge on any atom is 0.268 e. The van der Waals surface area contributed by atoms with Crippen molar-refractivity contribution in [3.8, 4) is 0 Å². The van der Waals surface area contributed by atoms with Gasteiger partial charge in [-0.25, -0.2) is 4.98 Å². The van der Waals surface area contributed by atoms with Crippen LogP contribution in [0.3, 0.4) is 0 Å². The fourth-order valence-corrected chi connectivity index (χ4v) is 2.04. The Kier molecular flexibility index (Phi) is 5.27. The zero-order chi connectivity index (χ0) is 16.1. The molecule has 0 bridgehead atoms. The van der Waals surface area contributed by atoms with Crippen molar-refractivity contribution in [1.82, 2.24) is 9.38 Å². The Morgan fingerprint density at radius 3 is 3.00 bits per heavy atom. The predicted molar refractivity (Wildman–Crippen MR) is 89.1 cm³/mol. The summed E-state index contributed by atoms with van der Waals surface area (Å²) in [5, 5.41) is 12.0. The van der Waals surface area contributed by atoms with Crippen molar-refractivity contribution in [2.75, 3.05) is 18.5 Å². The third-order valence-electron chi connectivity index (χ3n) is 3.54. The third kappa shape index (κ3) is 3.33. The van der Waals surface area contributed by atoms with Gasteiger partial charge in [0.15, 0.2) is 0 Å². The van der Waals surface area contributed by atoms with Crippen LogP contribution in [0, 0.1) is 6.92 Å². The van der Waals surface area contributed by atoms with Crippen molar-refractivity contribution in [1.29, 1.82) is 0 Å². The highest BCUT2D eigenvalue weighted by atomic mass is 16.3. The molecule has 0 saturated carbocycles. The van der Waals surface area contributed by atoms with Crippen molar-refractivity contribution in [2.24, 2.45) is 4.99 Å². The number of hydrogen-bond acceptors (Lipinski definition) is 5. The molecule has 2 rings (SSSR count). The molecule has 22 heavy (non-hydrogen) atoms. The number of nitrogens with zero attached hydrogens (tertiary/aromatic N) is 3. The Morgan fingerprint density at radius 1 is 1.55 bits per heavy atom. The summed E-state index contributed by atoms with van der Waals surface area (Å²) in [6, 6.07) is 3.87. The van der Waals surface area contributed by atoms with Crippen molar-refractivity contribution in [3.63, 3.8) is 0 Å². The first kappa shape index (κ1) is 16.2. The third-order valence-corrected chi connectivity index (χ3v) is 3.54. The van der Waals surface area contributed by atoms with Crippen LogP contribution >= 0.6 is 0 Å². The lowest BCUT2D eigenvalue weighted by atomic mass is 10.2. The van der Waals surface area contributed by atoms with Gasteiger partial charge in [0, 0.05) is 25.0 Å². The van der Waals surface area contributed by atoms with Gasteiger partial charge >= 0.3 is 0 Å². The predicted octanol–water partition coefficient (Wildman–Crippen LogP) is 1.62. The quantitative estimate of drug-likeness (QED) is 0.795. The minimum atomic E-state index is -0.166. The van der Waals surface area contributed by atoms with E-state index in [0.29, 0.717) is 23.6 Å². The Bertz CT molecular complexity index is 737. The van der Waals surface area contributed by atoms with Crippen molar-refractivity contribution in [2.45, 2.75) is 33.2 Å². The van der Waals surface area contributed by atoms with Crippen LogP contribution in [0.2, 0.25) is 0 Å². The number of anilines is 1. The minimum absolute atomic E-state index is 0.0310. The van der Waals surface area contributed by atoms with Crippen molar-refractivity contribution in [3.05, 3.63) is 39.8 Å². The maximum atomic E-state index is 12.7. The number of aliphatic imine (C=N–C) groups is 1. The van der Waals surface area contributed by atoms with Gasteiger partial charge in [-0.2, -0.15) is 0 Å². The van der Waals surface area contributed by atoms with E-state index in [2.05, 4.69) is 15.3 Å². The smallest absolute Gasteiger partial charge is 0.268 e. The molecule has 0 aliphatic carbocycles. The van der Waals surface area contributed by atoms with E-state index in [9.17, 15) is 4.79 Å². The fourth-order valence-electron chi connectivity index (χ4n) is 2.04. The summed E-state index contributed by atoms with van der Waals surface area (Å²) in [7, 11) is 0. The molecule has 1 atom stereocenters. The number of hydrogen-bond donors (Lipinski definition) is 2. The molecule has 118 valence electrons. The van der Waals surface area contributed by atoms with Gasteiger partial charge in [0.2, 0.25) is 0 Å². The monoisotopic (exact) mass is 302 g/mol. The molecule has 6 heteroatoms. The minimum Gasteiger partial charge on any atom is -0.395 e. The van der Waals surface area contributed by atoms with E-state index >= 15 is 0 Å². The van der Waals surface area contributed by atoms with Gasteiger partial charge in [-0.05, 0) is 31.9 Å². The lowest BCUT2D eigenvalue weighted by Gasteiger charge is -2.11. The highest BCUT2D eigenvalue weighted by Crippen LogP contribution is 2.12. The summed E-state index contributed by atoms with van der Waals surface area (Å²) in [5.41, 5.74) is 1.77. The number of fused-ring (bicyclic) bond motifs is 1. The average molecular weight is 302 g/mol.